The highest BCUT2D eigenvalue weighted by Crippen LogP contribution is 2.48. The first-order chi connectivity index (χ1) is 16.7. The number of ketones is 1. The summed E-state index contributed by atoms with van der Waals surface area (Å²) >= 11 is 0. The lowest BCUT2D eigenvalue weighted by molar-refractivity contribution is -0.123. The van der Waals surface area contributed by atoms with Crippen LogP contribution in [0.5, 0.6) is 0 Å². The van der Waals surface area contributed by atoms with Crippen LogP contribution >= 0.6 is 0 Å². The smallest absolute Gasteiger partial charge is 0.231 e. The third-order valence-electron chi connectivity index (χ3n) is 7.44. The minimum absolute atomic E-state index is 0.0193. The average Bonchev–Trinajstić information content (AvgIpc) is 3.57. The van der Waals surface area contributed by atoms with Crippen LogP contribution in [0.4, 0.5) is 11.4 Å². The molecule has 6 heteroatoms. The Kier molecular flexibility index (Phi) is 5.36. The van der Waals surface area contributed by atoms with E-state index in [9.17, 15) is 9.59 Å². The van der Waals surface area contributed by atoms with Gasteiger partial charge >= 0.3 is 0 Å². The number of anilines is 2. The average molecular weight is 457 g/mol. The zero-order chi connectivity index (χ0) is 23.1. The minimum atomic E-state index is -0.597. The summed E-state index contributed by atoms with van der Waals surface area (Å²) in [6.07, 6.45) is 9.30. The Morgan fingerprint density at radius 2 is 1.62 bits per heavy atom. The van der Waals surface area contributed by atoms with Gasteiger partial charge in [0, 0.05) is 29.5 Å². The molecule has 2 atom stereocenters. The molecule has 3 heterocycles. The molecule has 0 radical (unpaired) electrons. The second-order valence-electron chi connectivity index (χ2n) is 9.54. The molecule has 2 aliphatic carbocycles. The molecule has 174 valence electrons. The Morgan fingerprint density at radius 3 is 2.35 bits per heavy atom. The maximum atomic E-state index is 14.1. The summed E-state index contributed by atoms with van der Waals surface area (Å²) in [6.45, 7) is 0. The lowest BCUT2D eigenvalue weighted by atomic mass is 9.80. The second kappa shape index (κ2) is 8.67. The molecule has 1 fully saturated rings. The van der Waals surface area contributed by atoms with E-state index in [4.69, 9.17) is 8.83 Å². The molecule has 0 spiro atoms. The van der Waals surface area contributed by atoms with E-state index in [0.29, 0.717) is 24.2 Å². The fraction of sp³-hybridized carbons (Fsp3) is 0.357. The van der Waals surface area contributed by atoms with Crippen LogP contribution in [0.1, 0.15) is 68.4 Å². The van der Waals surface area contributed by atoms with Gasteiger partial charge in [-0.15, -0.1) is 0 Å². The predicted octanol–water partition coefficient (Wildman–Crippen LogP) is 6.35. The number of rotatable bonds is 3. The Hall–Kier alpha value is -3.54. The van der Waals surface area contributed by atoms with E-state index in [1.807, 2.05) is 53.4 Å². The lowest BCUT2D eigenvalue weighted by Gasteiger charge is -2.36. The van der Waals surface area contributed by atoms with Gasteiger partial charge in [-0.05, 0) is 55.7 Å². The van der Waals surface area contributed by atoms with Gasteiger partial charge in [-0.1, -0.05) is 31.4 Å². The molecule has 1 aliphatic heterocycles. The van der Waals surface area contributed by atoms with Crippen LogP contribution in [0.25, 0.3) is 0 Å². The fourth-order valence-electron chi connectivity index (χ4n) is 5.82. The number of nitrogens with zero attached hydrogens (tertiary/aromatic N) is 1. The van der Waals surface area contributed by atoms with Crippen molar-refractivity contribution in [3.05, 3.63) is 83.8 Å². The first kappa shape index (κ1) is 21.0. The quantitative estimate of drug-likeness (QED) is 0.497. The molecule has 1 saturated carbocycles. The Bertz CT molecular complexity index is 1220. The molecule has 2 aromatic heterocycles. The van der Waals surface area contributed by atoms with E-state index in [0.717, 1.165) is 48.5 Å². The number of hydrogen-bond acceptors (Lipinski definition) is 5. The third-order valence-corrected chi connectivity index (χ3v) is 7.44. The van der Waals surface area contributed by atoms with E-state index >= 15 is 0 Å². The number of nitrogens with one attached hydrogen (secondary N) is 1. The van der Waals surface area contributed by atoms with Crippen molar-refractivity contribution in [2.45, 2.75) is 56.9 Å². The highest BCUT2D eigenvalue weighted by atomic mass is 16.3. The largest absolute Gasteiger partial charge is 0.469 e. The van der Waals surface area contributed by atoms with Crippen molar-refractivity contribution in [2.75, 3.05) is 10.2 Å². The van der Waals surface area contributed by atoms with Crippen molar-refractivity contribution in [3.63, 3.8) is 0 Å². The Morgan fingerprint density at radius 1 is 0.882 bits per heavy atom. The van der Waals surface area contributed by atoms with Gasteiger partial charge in [0.15, 0.2) is 5.78 Å². The number of furan rings is 2. The van der Waals surface area contributed by atoms with Crippen molar-refractivity contribution in [1.29, 1.82) is 0 Å². The number of amides is 1. The highest BCUT2D eigenvalue weighted by Gasteiger charge is 2.44. The Balaban J connectivity index is 1.51. The zero-order valence-electron chi connectivity index (χ0n) is 19.0. The summed E-state index contributed by atoms with van der Waals surface area (Å²) in [5, 5.41) is 3.55. The van der Waals surface area contributed by atoms with Gasteiger partial charge in [0.2, 0.25) is 5.91 Å². The first-order valence-corrected chi connectivity index (χ1v) is 12.2. The minimum Gasteiger partial charge on any atom is -0.469 e. The standard InChI is InChI=1S/C28H28N2O4/c31-23-17-19(24-12-6-14-33-24)16-21-26(23)27(25-13-7-15-34-25)30(22-11-5-4-10-20(22)29-21)28(32)18-8-2-1-3-9-18/h4-7,10-15,18-19,27,29H,1-3,8-9,16-17H2. The van der Waals surface area contributed by atoms with E-state index < -0.39 is 6.04 Å². The van der Waals surface area contributed by atoms with Crippen molar-refractivity contribution < 1.29 is 18.4 Å². The highest BCUT2D eigenvalue weighted by molar-refractivity contribution is 6.06. The molecule has 0 bridgehead atoms. The van der Waals surface area contributed by atoms with Gasteiger partial charge < -0.3 is 14.2 Å². The van der Waals surface area contributed by atoms with Gasteiger partial charge in [0.1, 0.15) is 17.6 Å². The van der Waals surface area contributed by atoms with Gasteiger partial charge in [-0.25, -0.2) is 0 Å². The normalized spacial score (nSPS) is 23.2. The summed E-state index contributed by atoms with van der Waals surface area (Å²) < 4.78 is 11.5. The third kappa shape index (κ3) is 3.58. The monoisotopic (exact) mass is 456 g/mol. The van der Waals surface area contributed by atoms with Crippen molar-refractivity contribution in [1.82, 2.24) is 0 Å². The van der Waals surface area contributed by atoms with Crippen molar-refractivity contribution in [3.8, 4) is 0 Å². The first-order valence-electron chi connectivity index (χ1n) is 12.2. The number of carbonyl (C=O) groups is 2. The molecule has 3 aromatic rings. The van der Waals surface area contributed by atoms with Crippen LogP contribution in [-0.2, 0) is 9.59 Å². The number of para-hydroxylation sites is 2. The van der Waals surface area contributed by atoms with Crippen molar-refractivity contribution in [2.24, 2.45) is 5.92 Å². The lowest BCUT2D eigenvalue weighted by Crippen LogP contribution is -2.42. The summed E-state index contributed by atoms with van der Waals surface area (Å²) in [4.78, 5) is 29.7. The Labute approximate surface area is 198 Å². The van der Waals surface area contributed by atoms with Gasteiger partial charge in [0.05, 0.1) is 23.9 Å². The van der Waals surface area contributed by atoms with Crippen LogP contribution in [0.3, 0.4) is 0 Å². The molecule has 3 aliphatic rings. The van der Waals surface area contributed by atoms with Gasteiger partial charge in [-0.2, -0.15) is 0 Å². The van der Waals surface area contributed by atoms with Crippen molar-refractivity contribution >= 4 is 23.1 Å². The van der Waals surface area contributed by atoms with Gasteiger partial charge in [0.25, 0.3) is 0 Å². The molecule has 1 aromatic carbocycles. The van der Waals surface area contributed by atoms with Gasteiger partial charge in [-0.3, -0.25) is 14.5 Å². The summed E-state index contributed by atoms with van der Waals surface area (Å²) in [5.41, 5.74) is 3.08. The van der Waals surface area contributed by atoms with Crippen LogP contribution in [0.2, 0.25) is 0 Å². The van der Waals surface area contributed by atoms with E-state index in [-0.39, 0.29) is 23.5 Å². The number of allylic oxidation sites excluding steroid dienone is 1. The number of hydrogen-bond donors (Lipinski definition) is 1. The summed E-state index contributed by atoms with van der Waals surface area (Å²) in [5.74, 6) is 1.43. The molecule has 6 nitrogen and oxygen atoms in total. The molecule has 2 unspecified atom stereocenters. The maximum Gasteiger partial charge on any atom is 0.231 e. The number of carbonyl (C=O) groups excluding carboxylic acids is 2. The molecule has 1 amide bonds. The second-order valence-corrected chi connectivity index (χ2v) is 9.54. The number of Topliss-reactive ketones (excluding diaryl/α,β-unsaturated/α-hetero) is 1. The summed E-state index contributed by atoms with van der Waals surface area (Å²) in [6, 6.07) is 14.7. The van der Waals surface area contributed by atoms with E-state index in [1.165, 1.54) is 6.42 Å². The molecular weight excluding hydrogens is 428 g/mol. The molecule has 1 N–H and O–H groups in total. The number of benzene rings is 1. The predicted molar refractivity (Wildman–Crippen MR) is 128 cm³/mol. The molecule has 34 heavy (non-hydrogen) atoms. The van der Waals surface area contributed by atoms with E-state index in [2.05, 4.69) is 5.32 Å². The molecule has 0 saturated heterocycles. The van der Waals surface area contributed by atoms with Crippen LogP contribution in [0.15, 0.2) is 81.2 Å². The maximum absolute atomic E-state index is 14.1. The number of fused-ring (bicyclic) bond motifs is 1. The van der Waals surface area contributed by atoms with Crippen LogP contribution in [0, 0.1) is 5.92 Å². The van der Waals surface area contributed by atoms with E-state index in [1.54, 1.807) is 12.5 Å². The summed E-state index contributed by atoms with van der Waals surface area (Å²) in [7, 11) is 0. The SMILES string of the molecule is O=C1CC(c2ccco2)CC2=C1C(c1ccco1)N(C(=O)C1CCCCC1)c1ccccc1N2. The topological polar surface area (TPSA) is 75.7 Å². The molecular formula is C28H28N2O4. The molecule has 6 rings (SSSR count). The fourth-order valence-corrected chi connectivity index (χ4v) is 5.82. The van der Waals surface area contributed by atoms with Crippen LogP contribution < -0.4 is 10.2 Å². The zero-order valence-corrected chi connectivity index (χ0v) is 19.0. The van der Waals surface area contributed by atoms with Crippen LogP contribution in [-0.4, -0.2) is 11.7 Å².